The summed E-state index contributed by atoms with van der Waals surface area (Å²) in [6.07, 6.45) is 3.16. The fourth-order valence-corrected chi connectivity index (χ4v) is 2.43. The molecule has 4 heteroatoms. The monoisotopic (exact) mass is 234 g/mol. The molecular formula is C13H22N4. The van der Waals surface area contributed by atoms with Gasteiger partial charge in [-0.2, -0.15) is 0 Å². The first kappa shape index (κ1) is 12.2. The standard InChI is InChI=1S/C13H22N4/c1-9-6-11(8-15-7-9)17-13(14-3)12-4-5-16-10(12)2/h4-5,9,11,15-16H,6-8H2,1-3H3,(H,14,17)/t9-,11?/m0/s1. The summed E-state index contributed by atoms with van der Waals surface area (Å²) < 4.78 is 0. The number of hydrogen-bond acceptors (Lipinski definition) is 2. The van der Waals surface area contributed by atoms with Crippen LogP contribution >= 0.6 is 0 Å². The Bertz CT molecular complexity index is 394. The molecule has 1 saturated heterocycles. The predicted octanol–water partition coefficient (Wildman–Crippen LogP) is 1.29. The van der Waals surface area contributed by atoms with E-state index in [0.717, 1.165) is 30.5 Å². The van der Waals surface area contributed by atoms with Gasteiger partial charge in [0.25, 0.3) is 0 Å². The minimum absolute atomic E-state index is 0.478. The van der Waals surface area contributed by atoms with Gasteiger partial charge in [0.1, 0.15) is 5.84 Å². The average Bonchev–Trinajstić information content (AvgIpc) is 2.72. The van der Waals surface area contributed by atoms with Gasteiger partial charge in [-0.25, -0.2) is 0 Å². The van der Waals surface area contributed by atoms with E-state index >= 15 is 0 Å². The Morgan fingerprint density at radius 2 is 2.29 bits per heavy atom. The Hall–Kier alpha value is -1.29. The molecule has 0 amide bonds. The largest absolute Gasteiger partial charge is 0.366 e. The van der Waals surface area contributed by atoms with Gasteiger partial charge >= 0.3 is 0 Å². The van der Waals surface area contributed by atoms with Gasteiger partial charge in [-0.05, 0) is 31.9 Å². The minimum Gasteiger partial charge on any atom is -0.366 e. The van der Waals surface area contributed by atoms with Crippen molar-refractivity contribution in [1.82, 2.24) is 15.6 Å². The van der Waals surface area contributed by atoms with Crippen LogP contribution in [0.25, 0.3) is 0 Å². The highest BCUT2D eigenvalue weighted by molar-refractivity contribution is 5.99. The summed E-state index contributed by atoms with van der Waals surface area (Å²) in [6, 6.07) is 2.55. The number of hydrogen-bond donors (Lipinski definition) is 3. The molecule has 0 saturated carbocycles. The summed E-state index contributed by atoms with van der Waals surface area (Å²) in [5.74, 6) is 1.72. The van der Waals surface area contributed by atoms with Crippen molar-refractivity contribution in [2.24, 2.45) is 10.9 Å². The second-order valence-electron chi connectivity index (χ2n) is 4.93. The van der Waals surface area contributed by atoms with Crippen LogP contribution in [0.15, 0.2) is 17.3 Å². The van der Waals surface area contributed by atoms with Crippen molar-refractivity contribution in [2.45, 2.75) is 26.3 Å². The highest BCUT2D eigenvalue weighted by atomic mass is 15.1. The third kappa shape index (κ3) is 2.88. The van der Waals surface area contributed by atoms with Gasteiger partial charge in [0.2, 0.25) is 0 Å². The molecule has 1 aliphatic heterocycles. The van der Waals surface area contributed by atoms with E-state index in [1.165, 1.54) is 12.0 Å². The van der Waals surface area contributed by atoms with E-state index in [1.807, 2.05) is 13.2 Å². The van der Waals surface area contributed by atoms with Gasteiger partial charge in [0, 0.05) is 37.1 Å². The minimum atomic E-state index is 0.478. The van der Waals surface area contributed by atoms with Gasteiger partial charge in [0.05, 0.1) is 0 Å². The van der Waals surface area contributed by atoms with E-state index in [1.54, 1.807) is 0 Å². The van der Waals surface area contributed by atoms with Crippen molar-refractivity contribution in [3.05, 3.63) is 23.5 Å². The zero-order valence-electron chi connectivity index (χ0n) is 10.9. The van der Waals surface area contributed by atoms with Gasteiger partial charge in [-0.3, -0.25) is 4.99 Å². The third-order valence-electron chi connectivity index (χ3n) is 3.34. The van der Waals surface area contributed by atoms with Crippen LogP contribution in [0.2, 0.25) is 0 Å². The Morgan fingerprint density at radius 3 is 2.88 bits per heavy atom. The van der Waals surface area contributed by atoms with Gasteiger partial charge < -0.3 is 15.6 Å². The Balaban J connectivity index is 2.04. The van der Waals surface area contributed by atoms with E-state index in [2.05, 4.69) is 40.5 Å². The van der Waals surface area contributed by atoms with Gasteiger partial charge in [0.15, 0.2) is 0 Å². The lowest BCUT2D eigenvalue weighted by molar-refractivity contribution is 0.345. The maximum absolute atomic E-state index is 4.37. The molecule has 1 aromatic heterocycles. The summed E-state index contributed by atoms with van der Waals surface area (Å²) in [7, 11) is 1.84. The molecule has 2 heterocycles. The molecule has 0 aromatic carbocycles. The normalized spacial score (nSPS) is 25.9. The number of nitrogens with zero attached hydrogens (tertiary/aromatic N) is 1. The zero-order chi connectivity index (χ0) is 12.3. The van der Waals surface area contributed by atoms with Crippen LogP contribution in [0.1, 0.15) is 24.6 Å². The van der Waals surface area contributed by atoms with E-state index in [-0.39, 0.29) is 0 Å². The first-order valence-electron chi connectivity index (χ1n) is 6.29. The first-order valence-corrected chi connectivity index (χ1v) is 6.29. The smallest absolute Gasteiger partial charge is 0.130 e. The van der Waals surface area contributed by atoms with Crippen molar-refractivity contribution in [3.8, 4) is 0 Å². The molecule has 0 aliphatic carbocycles. The van der Waals surface area contributed by atoms with Crippen molar-refractivity contribution in [3.63, 3.8) is 0 Å². The highest BCUT2D eigenvalue weighted by Gasteiger charge is 2.20. The molecule has 1 aliphatic rings. The maximum atomic E-state index is 4.37. The number of aliphatic imine (C=N–C) groups is 1. The highest BCUT2D eigenvalue weighted by Crippen LogP contribution is 2.11. The summed E-state index contributed by atoms with van der Waals surface area (Å²) in [4.78, 5) is 7.56. The van der Waals surface area contributed by atoms with Crippen molar-refractivity contribution < 1.29 is 0 Å². The van der Waals surface area contributed by atoms with Crippen molar-refractivity contribution in [2.75, 3.05) is 20.1 Å². The number of amidine groups is 1. The molecule has 1 fully saturated rings. The number of aromatic amines is 1. The van der Waals surface area contributed by atoms with Crippen LogP contribution in [0.3, 0.4) is 0 Å². The molecule has 1 unspecified atom stereocenters. The fraction of sp³-hybridized carbons (Fsp3) is 0.615. The van der Waals surface area contributed by atoms with Gasteiger partial charge in [-0.15, -0.1) is 0 Å². The van der Waals surface area contributed by atoms with Gasteiger partial charge in [-0.1, -0.05) is 6.92 Å². The molecule has 94 valence electrons. The van der Waals surface area contributed by atoms with Crippen molar-refractivity contribution >= 4 is 5.84 Å². The number of H-pyrrole nitrogens is 1. The second kappa shape index (κ2) is 5.36. The lowest BCUT2D eigenvalue weighted by atomic mass is 9.97. The number of rotatable bonds is 2. The van der Waals surface area contributed by atoms with E-state index in [4.69, 9.17) is 0 Å². The third-order valence-corrected chi connectivity index (χ3v) is 3.34. The van der Waals surface area contributed by atoms with E-state index in [9.17, 15) is 0 Å². The molecule has 0 radical (unpaired) electrons. The molecule has 1 aromatic rings. The van der Waals surface area contributed by atoms with Crippen LogP contribution in [-0.4, -0.2) is 37.0 Å². The van der Waals surface area contributed by atoms with Crippen molar-refractivity contribution in [1.29, 1.82) is 0 Å². The quantitative estimate of drug-likeness (QED) is 0.533. The average molecular weight is 234 g/mol. The van der Waals surface area contributed by atoms with Crippen LogP contribution in [0.4, 0.5) is 0 Å². The van der Waals surface area contributed by atoms with Crippen LogP contribution in [0.5, 0.6) is 0 Å². The topological polar surface area (TPSA) is 52.2 Å². The molecule has 2 rings (SSSR count). The summed E-state index contributed by atoms with van der Waals surface area (Å²) in [5, 5.41) is 7.00. The zero-order valence-corrected chi connectivity index (χ0v) is 10.9. The predicted molar refractivity (Wildman–Crippen MR) is 71.6 cm³/mol. The molecule has 0 bridgehead atoms. The fourth-order valence-electron chi connectivity index (χ4n) is 2.43. The molecule has 17 heavy (non-hydrogen) atoms. The summed E-state index contributed by atoms with van der Waals surface area (Å²) in [5.41, 5.74) is 2.33. The number of piperidine rings is 1. The lowest BCUT2D eigenvalue weighted by Crippen LogP contribution is -2.48. The SMILES string of the molecule is CN=C(NC1CNC[C@@H](C)C1)c1cc[nH]c1C. The molecule has 2 atom stereocenters. The lowest BCUT2D eigenvalue weighted by Gasteiger charge is -2.29. The van der Waals surface area contributed by atoms with Crippen LogP contribution < -0.4 is 10.6 Å². The second-order valence-corrected chi connectivity index (χ2v) is 4.93. The maximum Gasteiger partial charge on any atom is 0.130 e. The number of aryl methyl sites for hydroxylation is 1. The summed E-state index contributed by atoms with van der Waals surface area (Å²) >= 11 is 0. The van der Waals surface area contributed by atoms with Crippen LogP contribution in [0, 0.1) is 12.8 Å². The Morgan fingerprint density at radius 1 is 1.47 bits per heavy atom. The number of aromatic nitrogens is 1. The summed E-state index contributed by atoms with van der Waals surface area (Å²) in [6.45, 7) is 6.50. The Kier molecular flexibility index (Phi) is 3.84. The molecule has 4 nitrogen and oxygen atoms in total. The number of nitrogens with one attached hydrogen (secondary N) is 3. The van der Waals surface area contributed by atoms with Crippen LogP contribution in [-0.2, 0) is 0 Å². The van der Waals surface area contributed by atoms with E-state index in [0.29, 0.717) is 6.04 Å². The van der Waals surface area contributed by atoms with E-state index < -0.39 is 0 Å². The Labute approximate surface area is 103 Å². The first-order chi connectivity index (χ1) is 8.20. The molecule has 0 spiro atoms. The molecule has 3 N–H and O–H groups in total. The molecular weight excluding hydrogens is 212 g/mol.